The summed E-state index contributed by atoms with van der Waals surface area (Å²) in [5, 5.41) is 0.591. The Balaban J connectivity index is 2.03. The maximum absolute atomic E-state index is 15.9. The third-order valence-electron chi connectivity index (χ3n) is 4.61. The zero-order valence-electron chi connectivity index (χ0n) is 16.4. The van der Waals surface area contributed by atoms with Crippen LogP contribution in [0.1, 0.15) is 44.7 Å². The third kappa shape index (κ3) is 4.74. The lowest BCUT2D eigenvalue weighted by Crippen LogP contribution is -2.40. The number of ether oxygens (including phenoxy) is 1. The second-order valence-electron chi connectivity index (χ2n) is 7.93. The Bertz CT molecular complexity index is 856. The summed E-state index contributed by atoms with van der Waals surface area (Å²) < 4.78 is 21.4. The largest absolute Gasteiger partial charge is 0.444 e. The highest BCUT2D eigenvalue weighted by Crippen LogP contribution is 2.35. The summed E-state index contributed by atoms with van der Waals surface area (Å²) in [5.74, 6) is -0.322. The Morgan fingerprint density at radius 3 is 2.29 bits per heavy atom. The van der Waals surface area contributed by atoms with E-state index in [1.54, 1.807) is 24.3 Å². The van der Waals surface area contributed by atoms with E-state index in [0.29, 0.717) is 23.6 Å². The van der Waals surface area contributed by atoms with E-state index in [1.165, 1.54) is 4.90 Å². The van der Waals surface area contributed by atoms with Gasteiger partial charge in [0.25, 0.3) is 0 Å². The quantitative estimate of drug-likeness (QED) is 0.589. The first-order valence-electron chi connectivity index (χ1n) is 9.47. The Hall–Kier alpha value is -2.33. The van der Waals surface area contributed by atoms with Crippen LogP contribution in [-0.4, -0.2) is 29.2 Å². The van der Waals surface area contributed by atoms with Crippen LogP contribution in [0.25, 0.3) is 5.57 Å². The van der Waals surface area contributed by atoms with Crippen molar-refractivity contribution in [1.82, 2.24) is 4.90 Å². The molecule has 1 heterocycles. The van der Waals surface area contributed by atoms with E-state index < -0.39 is 17.7 Å². The summed E-state index contributed by atoms with van der Waals surface area (Å²) in [6.45, 7) is 5.91. The third-order valence-corrected chi connectivity index (χ3v) is 4.86. The van der Waals surface area contributed by atoms with Gasteiger partial charge in [-0.1, -0.05) is 54.1 Å². The lowest BCUT2D eigenvalue weighted by atomic mass is 9.94. The molecule has 0 radical (unpaired) electrons. The standard InChI is InChI=1S/C23H25ClFNO2/c1-23(2,3)28-22(27)26-15-7-10-19(26)21(25)20(16-8-5-4-6-9-16)17-11-13-18(24)14-12-17/h4-6,8-9,11-14,19H,7,10,15H2,1-3H3/b21-20+. The molecule has 0 spiro atoms. The lowest BCUT2D eigenvalue weighted by molar-refractivity contribution is 0.0236. The average molecular weight is 402 g/mol. The molecule has 0 aromatic heterocycles. The second-order valence-corrected chi connectivity index (χ2v) is 8.36. The van der Waals surface area contributed by atoms with Crippen LogP contribution in [0.15, 0.2) is 60.4 Å². The fraction of sp³-hybridized carbons (Fsp3) is 0.348. The number of nitrogens with zero attached hydrogens (tertiary/aromatic N) is 1. The van der Waals surface area contributed by atoms with Gasteiger partial charge in [-0.25, -0.2) is 9.18 Å². The molecule has 3 nitrogen and oxygen atoms in total. The van der Waals surface area contributed by atoms with Crippen LogP contribution in [0.3, 0.4) is 0 Å². The first kappa shape index (κ1) is 20.4. The van der Waals surface area contributed by atoms with E-state index in [-0.39, 0.29) is 5.83 Å². The lowest BCUT2D eigenvalue weighted by Gasteiger charge is -2.28. The van der Waals surface area contributed by atoms with Gasteiger partial charge in [0.15, 0.2) is 0 Å². The molecular weight excluding hydrogens is 377 g/mol. The Labute approximate surface area is 170 Å². The summed E-state index contributed by atoms with van der Waals surface area (Å²) in [6, 6.07) is 15.8. The van der Waals surface area contributed by atoms with Gasteiger partial charge in [-0.15, -0.1) is 0 Å². The first-order chi connectivity index (χ1) is 13.3. The molecule has 0 aliphatic carbocycles. The molecule has 1 amide bonds. The van der Waals surface area contributed by atoms with Crippen molar-refractivity contribution in [3.05, 3.63) is 76.6 Å². The Morgan fingerprint density at radius 2 is 1.68 bits per heavy atom. The van der Waals surface area contributed by atoms with E-state index in [2.05, 4.69) is 0 Å². The highest BCUT2D eigenvalue weighted by atomic mass is 35.5. The molecule has 2 aromatic rings. The number of hydrogen-bond donors (Lipinski definition) is 0. The molecule has 1 atom stereocenters. The summed E-state index contributed by atoms with van der Waals surface area (Å²) in [7, 11) is 0. The van der Waals surface area contributed by atoms with E-state index in [4.69, 9.17) is 16.3 Å². The van der Waals surface area contributed by atoms with Gasteiger partial charge in [0.05, 0.1) is 6.04 Å². The molecule has 1 fully saturated rings. The molecule has 1 saturated heterocycles. The molecule has 1 aliphatic rings. The molecular formula is C23H25ClFNO2. The van der Waals surface area contributed by atoms with Crippen LogP contribution in [0.2, 0.25) is 5.02 Å². The number of carbonyl (C=O) groups excluding carboxylic acids is 1. The normalized spacial score (nSPS) is 18.0. The summed E-state index contributed by atoms with van der Waals surface area (Å²) >= 11 is 6.02. The number of amides is 1. The van der Waals surface area contributed by atoms with Gasteiger partial charge in [0.2, 0.25) is 0 Å². The minimum atomic E-state index is -0.638. The minimum absolute atomic E-state index is 0.322. The Kier molecular flexibility index (Phi) is 6.09. The fourth-order valence-corrected chi connectivity index (χ4v) is 3.53. The van der Waals surface area contributed by atoms with Gasteiger partial charge in [0.1, 0.15) is 11.4 Å². The van der Waals surface area contributed by atoms with Crippen molar-refractivity contribution in [3.63, 3.8) is 0 Å². The molecule has 0 saturated carbocycles. The maximum atomic E-state index is 15.9. The van der Waals surface area contributed by atoms with E-state index >= 15 is 4.39 Å². The van der Waals surface area contributed by atoms with Gasteiger partial charge >= 0.3 is 6.09 Å². The van der Waals surface area contributed by atoms with Crippen molar-refractivity contribution >= 4 is 23.3 Å². The van der Waals surface area contributed by atoms with Crippen molar-refractivity contribution in [2.75, 3.05) is 6.54 Å². The van der Waals surface area contributed by atoms with Gasteiger partial charge in [-0.3, -0.25) is 4.90 Å². The fourth-order valence-electron chi connectivity index (χ4n) is 3.40. The molecule has 28 heavy (non-hydrogen) atoms. The zero-order chi connectivity index (χ0) is 20.3. The van der Waals surface area contributed by atoms with Crippen molar-refractivity contribution < 1.29 is 13.9 Å². The average Bonchev–Trinajstić information content (AvgIpc) is 3.13. The van der Waals surface area contributed by atoms with E-state index in [1.807, 2.05) is 51.1 Å². The molecule has 1 unspecified atom stereocenters. The molecule has 2 aromatic carbocycles. The maximum Gasteiger partial charge on any atom is 0.410 e. The van der Waals surface area contributed by atoms with Gasteiger partial charge < -0.3 is 4.74 Å². The van der Waals surface area contributed by atoms with Gasteiger partial charge in [-0.2, -0.15) is 0 Å². The summed E-state index contributed by atoms with van der Waals surface area (Å²) in [4.78, 5) is 14.1. The predicted octanol–water partition coefficient (Wildman–Crippen LogP) is 6.47. The smallest absolute Gasteiger partial charge is 0.410 e. The minimum Gasteiger partial charge on any atom is -0.444 e. The summed E-state index contributed by atoms with van der Waals surface area (Å²) in [5.41, 5.74) is 1.35. The van der Waals surface area contributed by atoms with Crippen molar-refractivity contribution in [2.45, 2.75) is 45.3 Å². The topological polar surface area (TPSA) is 29.5 Å². The van der Waals surface area contributed by atoms with Gasteiger partial charge in [-0.05, 0) is 56.9 Å². The van der Waals surface area contributed by atoms with Crippen LogP contribution >= 0.6 is 11.6 Å². The number of benzene rings is 2. The number of hydrogen-bond acceptors (Lipinski definition) is 2. The summed E-state index contributed by atoms with van der Waals surface area (Å²) in [6.07, 6.45) is 0.823. The number of rotatable bonds is 3. The highest BCUT2D eigenvalue weighted by molar-refractivity contribution is 6.30. The van der Waals surface area contributed by atoms with Crippen LogP contribution < -0.4 is 0 Å². The highest BCUT2D eigenvalue weighted by Gasteiger charge is 2.36. The second kappa shape index (κ2) is 8.36. The van der Waals surface area contributed by atoms with Crippen LogP contribution in [0.4, 0.5) is 9.18 Å². The van der Waals surface area contributed by atoms with E-state index in [0.717, 1.165) is 17.5 Å². The Morgan fingerprint density at radius 1 is 1.07 bits per heavy atom. The predicted molar refractivity (Wildman–Crippen MR) is 111 cm³/mol. The zero-order valence-corrected chi connectivity index (χ0v) is 17.2. The van der Waals surface area contributed by atoms with Crippen molar-refractivity contribution in [2.24, 2.45) is 0 Å². The van der Waals surface area contributed by atoms with Gasteiger partial charge in [0, 0.05) is 17.1 Å². The SMILES string of the molecule is CC(C)(C)OC(=O)N1CCCC1/C(F)=C(/c1ccccc1)c1ccc(Cl)cc1. The first-order valence-corrected chi connectivity index (χ1v) is 9.85. The molecule has 5 heteroatoms. The van der Waals surface area contributed by atoms with Crippen molar-refractivity contribution in [1.29, 1.82) is 0 Å². The molecule has 0 bridgehead atoms. The van der Waals surface area contributed by atoms with Crippen LogP contribution in [-0.2, 0) is 4.74 Å². The van der Waals surface area contributed by atoms with E-state index in [9.17, 15) is 4.79 Å². The van der Waals surface area contributed by atoms with Crippen molar-refractivity contribution in [3.8, 4) is 0 Å². The number of halogens is 2. The monoisotopic (exact) mass is 401 g/mol. The molecule has 1 aliphatic heterocycles. The van der Waals surface area contributed by atoms with Crippen LogP contribution in [0, 0.1) is 0 Å². The number of likely N-dealkylation sites (tertiary alicyclic amines) is 1. The number of carbonyl (C=O) groups is 1. The molecule has 148 valence electrons. The molecule has 0 N–H and O–H groups in total. The molecule has 3 rings (SSSR count). The van der Waals surface area contributed by atoms with Crippen LogP contribution in [0.5, 0.6) is 0 Å².